The van der Waals surface area contributed by atoms with E-state index in [0.29, 0.717) is 0 Å². The van der Waals surface area contributed by atoms with E-state index < -0.39 is 0 Å². The van der Waals surface area contributed by atoms with Crippen molar-refractivity contribution in [2.24, 2.45) is 5.73 Å². The Morgan fingerprint density at radius 3 is 2.39 bits per heavy atom. The minimum Gasteiger partial charge on any atom is -0.339 e. The number of carbonyl (C=O) groups is 1. The molecule has 1 rings (SSSR count). The Morgan fingerprint density at radius 2 is 1.89 bits per heavy atom. The monoisotopic (exact) mass is 256 g/mol. The van der Waals surface area contributed by atoms with Crippen LogP contribution in [0.25, 0.3) is 0 Å². The van der Waals surface area contributed by atoms with Crippen molar-refractivity contribution in [3.8, 4) is 0 Å². The lowest BCUT2D eigenvalue weighted by atomic mass is 10.1. The maximum atomic E-state index is 12.0. The van der Waals surface area contributed by atoms with Gasteiger partial charge in [-0.2, -0.15) is 0 Å². The first-order chi connectivity index (χ1) is 8.54. The Balaban J connectivity index is 2.28. The third-order valence-corrected chi connectivity index (χ3v) is 3.46. The molecule has 0 aromatic carbocycles. The van der Waals surface area contributed by atoms with E-state index in [0.717, 1.165) is 52.1 Å². The van der Waals surface area contributed by atoms with Crippen molar-refractivity contribution in [2.75, 3.05) is 53.4 Å². The Kier molecular flexibility index (Phi) is 6.60. The highest BCUT2D eigenvalue weighted by Gasteiger charge is 2.24. The molecule has 1 aliphatic rings. The van der Waals surface area contributed by atoms with Crippen LogP contribution in [0, 0.1) is 0 Å². The van der Waals surface area contributed by atoms with Crippen LogP contribution in [0.1, 0.15) is 19.8 Å². The molecule has 2 N–H and O–H groups in total. The molecule has 106 valence electrons. The number of hydrogen-bond donors (Lipinski definition) is 1. The zero-order valence-corrected chi connectivity index (χ0v) is 12.1. The molecule has 1 unspecified atom stereocenters. The molecule has 0 aliphatic carbocycles. The quantitative estimate of drug-likeness (QED) is 0.716. The molecule has 5 nitrogen and oxygen atoms in total. The van der Waals surface area contributed by atoms with Crippen LogP contribution in [-0.4, -0.2) is 80.0 Å². The van der Waals surface area contributed by atoms with Gasteiger partial charge in [0.15, 0.2) is 0 Å². The number of hydrogen-bond acceptors (Lipinski definition) is 4. The molecule has 0 aromatic heterocycles. The summed E-state index contributed by atoms with van der Waals surface area (Å²) in [6.07, 6.45) is 1.76. The van der Waals surface area contributed by atoms with Crippen molar-refractivity contribution in [1.29, 1.82) is 0 Å². The van der Waals surface area contributed by atoms with Crippen LogP contribution in [-0.2, 0) is 4.79 Å². The molecule has 18 heavy (non-hydrogen) atoms. The fourth-order valence-corrected chi connectivity index (χ4v) is 2.20. The van der Waals surface area contributed by atoms with E-state index in [1.807, 2.05) is 4.90 Å². The smallest absolute Gasteiger partial charge is 0.239 e. The predicted octanol–water partition coefficient (Wildman–Crippen LogP) is -0.180. The zero-order chi connectivity index (χ0) is 13.5. The highest BCUT2D eigenvalue weighted by atomic mass is 16.2. The van der Waals surface area contributed by atoms with Gasteiger partial charge in [-0.15, -0.1) is 0 Å². The second-order valence-electron chi connectivity index (χ2n) is 5.37. The Morgan fingerprint density at radius 1 is 1.28 bits per heavy atom. The van der Waals surface area contributed by atoms with Gasteiger partial charge in [0.25, 0.3) is 0 Å². The summed E-state index contributed by atoms with van der Waals surface area (Å²) in [6, 6.07) is -0.302. The topological polar surface area (TPSA) is 52.8 Å². The first-order valence-corrected chi connectivity index (χ1v) is 6.96. The summed E-state index contributed by atoms with van der Waals surface area (Å²) in [5.74, 6) is 0.129. The normalized spacial score (nSPS) is 19.3. The Labute approximate surface area is 111 Å². The van der Waals surface area contributed by atoms with E-state index in [1.165, 1.54) is 0 Å². The number of rotatable bonds is 6. The minimum atomic E-state index is -0.302. The first kappa shape index (κ1) is 15.4. The van der Waals surface area contributed by atoms with Gasteiger partial charge in [0.05, 0.1) is 6.04 Å². The molecule has 0 spiro atoms. The number of nitrogens with two attached hydrogens (primary N) is 1. The Hall–Kier alpha value is -0.650. The van der Waals surface area contributed by atoms with Crippen LogP contribution in [0.15, 0.2) is 0 Å². The summed E-state index contributed by atoms with van der Waals surface area (Å²) in [7, 11) is 4.17. The molecule has 0 radical (unpaired) electrons. The third-order valence-electron chi connectivity index (χ3n) is 3.46. The Bertz CT molecular complexity index is 249. The molecule has 0 saturated carbocycles. The van der Waals surface area contributed by atoms with Gasteiger partial charge in [-0.3, -0.25) is 9.69 Å². The maximum Gasteiger partial charge on any atom is 0.239 e. The van der Waals surface area contributed by atoms with Gasteiger partial charge in [0.1, 0.15) is 0 Å². The molecule has 0 aromatic rings. The molecule has 1 heterocycles. The maximum absolute atomic E-state index is 12.0. The summed E-state index contributed by atoms with van der Waals surface area (Å²) in [4.78, 5) is 18.6. The summed E-state index contributed by atoms with van der Waals surface area (Å²) in [5.41, 5.74) is 5.88. The highest BCUT2D eigenvalue weighted by Crippen LogP contribution is 2.05. The molecule has 5 heteroatoms. The molecule has 1 atom stereocenters. The lowest BCUT2D eigenvalue weighted by Gasteiger charge is -2.36. The van der Waals surface area contributed by atoms with E-state index in [1.54, 1.807) is 0 Å². The van der Waals surface area contributed by atoms with Crippen LogP contribution in [0.5, 0.6) is 0 Å². The van der Waals surface area contributed by atoms with E-state index in [9.17, 15) is 4.79 Å². The van der Waals surface area contributed by atoms with Crippen molar-refractivity contribution in [3.63, 3.8) is 0 Å². The van der Waals surface area contributed by atoms with Crippen molar-refractivity contribution in [2.45, 2.75) is 25.8 Å². The molecular formula is C13H28N4O. The van der Waals surface area contributed by atoms with Gasteiger partial charge < -0.3 is 15.5 Å². The summed E-state index contributed by atoms with van der Waals surface area (Å²) < 4.78 is 0. The molecule has 0 bridgehead atoms. The number of nitrogens with zero attached hydrogens (tertiary/aromatic N) is 3. The van der Waals surface area contributed by atoms with Gasteiger partial charge in [-0.05, 0) is 20.5 Å². The molecule has 1 saturated heterocycles. The van der Waals surface area contributed by atoms with Crippen molar-refractivity contribution in [3.05, 3.63) is 0 Å². The summed E-state index contributed by atoms with van der Waals surface area (Å²) in [6.45, 7) is 7.80. The number of amides is 1. The summed E-state index contributed by atoms with van der Waals surface area (Å²) >= 11 is 0. The van der Waals surface area contributed by atoms with E-state index in [4.69, 9.17) is 5.73 Å². The fraction of sp³-hybridized carbons (Fsp3) is 0.923. The number of likely N-dealkylation sites (N-methyl/N-ethyl adjacent to an activating group) is 1. The largest absolute Gasteiger partial charge is 0.339 e. The lowest BCUT2D eigenvalue weighted by Crippen LogP contribution is -2.53. The number of piperazine rings is 1. The van der Waals surface area contributed by atoms with Gasteiger partial charge in [-0.25, -0.2) is 0 Å². The molecule has 1 aliphatic heterocycles. The second kappa shape index (κ2) is 7.71. The SMILES string of the molecule is CCCC(N)C(=O)N1CCN(CCN(C)C)CC1. The van der Waals surface area contributed by atoms with Gasteiger partial charge in [0, 0.05) is 39.3 Å². The van der Waals surface area contributed by atoms with E-state index in [-0.39, 0.29) is 11.9 Å². The predicted molar refractivity (Wildman–Crippen MR) is 74.5 cm³/mol. The van der Waals surface area contributed by atoms with E-state index >= 15 is 0 Å². The first-order valence-electron chi connectivity index (χ1n) is 6.96. The average molecular weight is 256 g/mol. The van der Waals surface area contributed by atoms with Crippen LogP contribution in [0.2, 0.25) is 0 Å². The van der Waals surface area contributed by atoms with Crippen LogP contribution < -0.4 is 5.73 Å². The molecule has 1 amide bonds. The van der Waals surface area contributed by atoms with Crippen molar-refractivity contribution < 1.29 is 4.79 Å². The van der Waals surface area contributed by atoms with Crippen LogP contribution in [0.3, 0.4) is 0 Å². The lowest BCUT2D eigenvalue weighted by molar-refractivity contribution is -0.134. The van der Waals surface area contributed by atoms with Crippen LogP contribution in [0.4, 0.5) is 0 Å². The summed E-state index contributed by atoms with van der Waals surface area (Å²) in [5, 5.41) is 0. The van der Waals surface area contributed by atoms with E-state index in [2.05, 4.69) is 30.8 Å². The minimum absolute atomic E-state index is 0.129. The standard InChI is InChI=1S/C13H28N4O/c1-4-5-12(14)13(18)17-10-8-16(9-11-17)7-6-15(2)3/h12H,4-11,14H2,1-3H3. The van der Waals surface area contributed by atoms with Gasteiger partial charge >= 0.3 is 0 Å². The van der Waals surface area contributed by atoms with Crippen molar-refractivity contribution in [1.82, 2.24) is 14.7 Å². The van der Waals surface area contributed by atoms with Crippen LogP contribution >= 0.6 is 0 Å². The zero-order valence-electron chi connectivity index (χ0n) is 12.1. The molecular weight excluding hydrogens is 228 g/mol. The molecule has 1 fully saturated rings. The average Bonchev–Trinajstić information content (AvgIpc) is 2.36. The van der Waals surface area contributed by atoms with Gasteiger partial charge in [0.2, 0.25) is 5.91 Å². The second-order valence-corrected chi connectivity index (χ2v) is 5.37. The van der Waals surface area contributed by atoms with Gasteiger partial charge in [-0.1, -0.05) is 13.3 Å². The third kappa shape index (κ3) is 4.92. The highest BCUT2D eigenvalue weighted by molar-refractivity contribution is 5.81. The van der Waals surface area contributed by atoms with Crippen molar-refractivity contribution >= 4 is 5.91 Å². The fourth-order valence-electron chi connectivity index (χ4n) is 2.20. The number of carbonyl (C=O) groups excluding carboxylic acids is 1.